The fraction of sp³-hybridized carbons (Fsp3) is 0.125. The molecular weight excluding hydrogens is 298 g/mol. The van der Waals surface area contributed by atoms with Gasteiger partial charge in [-0.05, 0) is 0 Å². The predicted molar refractivity (Wildman–Crippen MR) is 60.5 cm³/mol. The van der Waals surface area contributed by atoms with Crippen molar-refractivity contribution in [2.24, 2.45) is 5.92 Å². The van der Waals surface area contributed by atoms with E-state index in [1.165, 1.54) is 0 Å². The van der Waals surface area contributed by atoms with Crippen LogP contribution in [-0.4, -0.2) is 21.9 Å². The lowest BCUT2D eigenvalue weighted by atomic mass is 9.91. The van der Waals surface area contributed by atoms with Gasteiger partial charge < -0.3 is 5.41 Å². The van der Waals surface area contributed by atoms with Crippen molar-refractivity contribution in [2.75, 3.05) is 0 Å². The van der Waals surface area contributed by atoms with Gasteiger partial charge in [-0.1, -0.05) is 34.8 Å². The van der Waals surface area contributed by atoms with Crippen molar-refractivity contribution in [3.05, 3.63) is 20.7 Å². The van der Waals surface area contributed by atoms with Crippen LogP contribution in [-0.2, 0) is 9.59 Å². The van der Waals surface area contributed by atoms with Gasteiger partial charge in [-0.3, -0.25) is 9.59 Å². The van der Waals surface area contributed by atoms with E-state index in [-0.39, 0.29) is 26.4 Å². The van der Waals surface area contributed by atoms with Crippen molar-refractivity contribution >= 4 is 64.1 Å². The van der Waals surface area contributed by atoms with Crippen LogP contribution in [0.2, 0.25) is 0 Å². The lowest BCUT2D eigenvalue weighted by Gasteiger charge is -2.17. The molecule has 8 heteroatoms. The Balaban J connectivity index is 2.70. The summed E-state index contributed by atoms with van der Waals surface area (Å²) in [5.41, 5.74) is -0.367. The molecule has 1 atom stereocenters. The highest BCUT2D eigenvalue weighted by molar-refractivity contribution is 6.58. The molecule has 0 spiro atoms. The summed E-state index contributed by atoms with van der Waals surface area (Å²) in [4.78, 5) is 23.1. The minimum atomic E-state index is -1.15. The second-order valence-electron chi connectivity index (χ2n) is 3.13. The molecule has 84 valence electrons. The van der Waals surface area contributed by atoms with Gasteiger partial charge in [-0.15, -0.1) is 0 Å². The molecule has 1 fully saturated rings. The number of amides is 2. The number of nitrogens with zero attached hydrogens (tertiary/aromatic N) is 1. The Kier molecular flexibility index (Phi) is 2.78. The van der Waals surface area contributed by atoms with Gasteiger partial charge in [-0.2, -0.15) is 4.42 Å². The highest BCUT2D eigenvalue weighted by atomic mass is 35.5. The standard InChI is InChI=1S/C8H2Cl4N2O2/c9-3-1-2(6(13)5(11)4(3)10)8(16)14(12)7(1)15/h2,13H. The summed E-state index contributed by atoms with van der Waals surface area (Å²) in [5, 5.41) is 7.23. The van der Waals surface area contributed by atoms with Crippen molar-refractivity contribution in [2.45, 2.75) is 0 Å². The fourth-order valence-electron chi connectivity index (χ4n) is 1.51. The molecule has 1 unspecified atom stereocenters. The summed E-state index contributed by atoms with van der Waals surface area (Å²) >= 11 is 22.7. The third-order valence-corrected chi connectivity index (χ3v) is 3.96. The maximum atomic E-state index is 11.6. The van der Waals surface area contributed by atoms with Crippen LogP contribution in [0.5, 0.6) is 0 Å². The number of hydrogen-bond donors (Lipinski definition) is 1. The molecule has 1 N–H and O–H groups in total. The van der Waals surface area contributed by atoms with Crippen LogP contribution >= 0.6 is 46.6 Å². The lowest BCUT2D eigenvalue weighted by molar-refractivity contribution is -0.132. The Hall–Kier alpha value is -0.550. The third-order valence-electron chi connectivity index (χ3n) is 2.28. The first-order chi connectivity index (χ1) is 7.37. The normalized spacial score (nSPS) is 25.9. The average Bonchev–Trinajstić information content (AvgIpc) is 2.48. The van der Waals surface area contributed by atoms with Gasteiger partial charge in [0, 0.05) is 11.8 Å². The van der Waals surface area contributed by atoms with E-state index in [4.69, 9.17) is 52.0 Å². The molecule has 0 aromatic rings. The number of imide groups is 1. The predicted octanol–water partition coefficient (Wildman–Crippen LogP) is 2.34. The van der Waals surface area contributed by atoms with Gasteiger partial charge in [0.25, 0.3) is 11.8 Å². The highest BCUT2D eigenvalue weighted by Crippen LogP contribution is 2.43. The number of fused-ring (bicyclic) bond motifs is 1. The van der Waals surface area contributed by atoms with E-state index in [2.05, 4.69) is 0 Å². The summed E-state index contributed by atoms with van der Waals surface area (Å²) in [6.45, 7) is 0. The molecule has 2 rings (SSSR count). The maximum Gasteiger partial charge on any atom is 0.274 e. The quantitative estimate of drug-likeness (QED) is 0.551. The van der Waals surface area contributed by atoms with Crippen molar-refractivity contribution < 1.29 is 9.59 Å². The van der Waals surface area contributed by atoms with Crippen LogP contribution in [0.25, 0.3) is 0 Å². The molecule has 0 radical (unpaired) electrons. The SMILES string of the molecule is N=C1C(Cl)=C(Cl)C(Cl)=C2C(=O)N(Cl)C(=O)C12. The Labute approximate surface area is 110 Å². The van der Waals surface area contributed by atoms with Gasteiger partial charge in [0.2, 0.25) is 0 Å². The molecule has 4 nitrogen and oxygen atoms in total. The van der Waals surface area contributed by atoms with E-state index in [0.29, 0.717) is 4.42 Å². The van der Waals surface area contributed by atoms with Crippen LogP contribution in [0.3, 0.4) is 0 Å². The number of carbonyl (C=O) groups is 2. The molecule has 16 heavy (non-hydrogen) atoms. The second-order valence-corrected chi connectivity index (χ2v) is 4.60. The van der Waals surface area contributed by atoms with E-state index < -0.39 is 17.7 Å². The van der Waals surface area contributed by atoms with Crippen molar-refractivity contribution in [1.82, 2.24) is 4.42 Å². The number of rotatable bonds is 0. The first-order valence-electron chi connectivity index (χ1n) is 3.96. The van der Waals surface area contributed by atoms with E-state index in [1.807, 2.05) is 0 Å². The fourth-order valence-corrected chi connectivity index (χ4v) is 2.44. The van der Waals surface area contributed by atoms with Crippen LogP contribution in [0.4, 0.5) is 0 Å². The van der Waals surface area contributed by atoms with E-state index in [0.717, 1.165) is 0 Å². The molecule has 1 heterocycles. The first kappa shape index (κ1) is 11.9. The Bertz CT molecular complexity index is 506. The molecular formula is C8H2Cl4N2O2. The second kappa shape index (κ2) is 3.74. The van der Waals surface area contributed by atoms with E-state index >= 15 is 0 Å². The van der Waals surface area contributed by atoms with Crippen LogP contribution in [0.1, 0.15) is 0 Å². The van der Waals surface area contributed by atoms with Gasteiger partial charge in [0.15, 0.2) is 0 Å². The molecule has 2 amide bonds. The molecule has 1 aliphatic heterocycles. The lowest BCUT2D eigenvalue weighted by Crippen LogP contribution is -2.26. The van der Waals surface area contributed by atoms with Crippen molar-refractivity contribution in [3.8, 4) is 0 Å². The summed E-state index contributed by atoms with van der Waals surface area (Å²) in [5.74, 6) is -2.66. The zero-order chi connectivity index (χ0) is 12.2. The monoisotopic (exact) mass is 298 g/mol. The number of hydrogen-bond acceptors (Lipinski definition) is 3. The molecule has 0 aromatic carbocycles. The minimum absolute atomic E-state index is 0.0962. The minimum Gasteiger partial charge on any atom is -0.302 e. The van der Waals surface area contributed by atoms with Gasteiger partial charge in [-0.25, -0.2) is 0 Å². The number of allylic oxidation sites excluding steroid dienone is 3. The largest absolute Gasteiger partial charge is 0.302 e. The number of halogens is 4. The number of carbonyl (C=O) groups excluding carboxylic acids is 2. The summed E-state index contributed by atoms with van der Waals surface area (Å²) in [7, 11) is 0. The van der Waals surface area contributed by atoms with Crippen LogP contribution < -0.4 is 0 Å². The third kappa shape index (κ3) is 1.34. The van der Waals surface area contributed by atoms with E-state index in [1.54, 1.807) is 0 Å². The smallest absolute Gasteiger partial charge is 0.274 e. The maximum absolute atomic E-state index is 11.6. The van der Waals surface area contributed by atoms with Crippen molar-refractivity contribution in [3.63, 3.8) is 0 Å². The molecule has 0 aromatic heterocycles. The van der Waals surface area contributed by atoms with E-state index in [9.17, 15) is 9.59 Å². The summed E-state index contributed by atoms with van der Waals surface area (Å²) in [6, 6.07) is 0. The van der Waals surface area contributed by atoms with Gasteiger partial charge in [0.1, 0.15) is 5.92 Å². The Morgan fingerprint density at radius 2 is 1.62 bits per heavy atom. The Morgan fingerprint density at radius 3 is 2.19 bits per heavy atom. The number of nitrogens with one attached hydrogen (secondary N) is 1. The summed E-state index contributed by atoms with van der Waals surface area (Å²) in [6.07, 6.45) is 0. The summed E-state index contributed by atoms with van der Waals surface area (Å²) < 4.78 is 0.385. The Morgan fingerprint density at radius 1 is 1.06 bits per heavy atom. The van der Waals surface area contributed by atoms with Crippen LogP contribution in [0.15, 0.2) is 20.7 Å². The molecule has 1 aliphatic carbocycles. The van der Waals surface area contributed by atoms with Gasteiger partial charge in [0.05, 0.1) is 26.4 Å². The van der Waals surface area contributed by atoms with Crippen LogP contribution in [0, 0.1) is 11.3 Å². The first-order valence-corrected chi connectivity index (χ1v) is 5.43. The zero-order valence-corrected chi connectivity index (χ0v) is 10.4. The topological polar surface area (TPSA) is 61.2 Å². The molecule has 0 bridgehead atoms. The zero-order valence-electron chi connectivity index (χ0n) is 7.35. The molecule has 1 saturated heterocycles. The highest BCUT2D eigenvalue weighted by Gasteiger charge is 2.50. The molecule has 0 saturated carbocycles. The van der Waals surface area contributed by atoms with Gasteiger partial charge >= 0.3 is 0 Å². The molecule has 2 aliphatic rings. The average molecular weight is 300 g/mol. The van der Waals surface area contributed by atoms with Crippen molar-refractivity contribution in [1.29, 1.82) is 5.41 Å².